The molecule has 3 fully saturated rings. The highest BCUT2D eigenvalue weighted by Crippen LogP contribution is 2.56. The van der Waals surface area contributed by atoms with Crippen LogP contribution < -0.4 is 5.32 Å². The maximum absolute atomic E-state index is 13.1. The summed E-state index contributed by atoms with van der Waals surface area (Å²) in [7, 11) is 0. The standard InChI is InChI=1S/C23H24N2O2/c26-22-19-17-11-12-18(21(17)24-13-15-7-3-1-4-8-15)20(19)23(27)25(22)14-16-9-5-2-6-10-16/h1-10,17-21,24H,11-14H2/t17-,18-,19+,20+/m0/s1. The first kappa shape index (κ1) is 16.7. The van der Waals surface area contributed by atoms with E-state index >= 15 is 0 Å². The van der Waals surface area contributed by atoms with Gasteiger partial charge in [-0.1, -0.05) is 60.7 Å². The highest BCUT2D eigenvalue weighted by Gasteiger charge is 2.64. The van der Waals surface area contributed by atoms with Gasteiger partial charge in [-0.05, 0) is 35.8 Å². The van der Waals surface area contributed by atoms with Crippen LogP contribution in [0.15, 0.2) is 60.7 Å². The van der Waals surface area contributed by atoms with Crippen molar-refractivity contribution in [1.29, 1.82) is 0 Å². The fourth-order valence-electron chi connectivity index (χ4n) is 5.60. The molecule has 4 atom stereocenters. The second-order valence-electron chi connectivity index (χ2n) is 8.10. The van der Waals surface area contributed by atoms with Crippen LogP contribution in [0.5, 0.6) is 0 Å². The second-order valence-corrected chi connectivity index (χ2v) is 8.10. The SMILES string of the molecule is O=C1[C@H]2[C@H](C(=O)N1Cc1ccccc1)[C@@H]1CC[C@@H]2C1NCc1ccccc1. The van der Waals surface area contributed by atoms with Crippen LogP contribution in [0, 0.1) is 23.7 Å². The predicted octanol–water partition coefficient (Wildman–Crippen LogP) is 2.99. The second kappa shape index (κ2) is 6.61. The van der Waals surface area contributed by atoms with Crippen molar-refractivity contribution in [3.63, 3.8) is 0 Å². The van der Waals surface area contributed by atoms with Gasteiger partial charge in [-0.25, -0.2) is 0 Å². The molecule has 1 aliphatic heterocycles. The van der Waals surface area contributed by atoms with Crippen LogP contribution in [0.3, 0.4) is 0 Å². The molecular formula is C23H24N2O2. The van der Waals surface area contributed by atoms with E-state index in [9.17, 15) is 9.59 Å². The van der Waals surface area contributed by atoms with Crippen LogP contribution in [-0.2, 0) is 22.7 Å². The minimum absolute atomic E-state index is 0.0487. The third-order valence-corrected chi connectivity index (χ3v) is 6.74. The van der Waals surface area contributed by atoms with E-state index in [4.69, 9.17) is 0 Å². The van der Waals surface area contributed by atoms with Crippen LogP contribution in [0.25, 0.3) is 0 Å². The molecule has 138 valence electrons. The quantitative estimate of drug-likeness (QED) is 0.834. The number of amides is 2. The third-order valence-electron chi connectivity index (χ3n) is 6.74. The van der Waals surface area contributed by atoms with Gasteiger partial charge >= 0.3 is 0 Å². The van der Waals surface area contributed by atoms with Crippen molar-refractivity contribution in [2.45, 2.75) is 32.0 Å². The fourth-order valence-corrected chi connectivity index (χ4v) is 5.60. The van der Waals surface area contributed by atoms with E-state index in [2.05, 4.69) is 17.4 Å². The summed E-state index contributed by atoms with van der Waals surface area (Å²) in [6.07, 6.45) is 2.10. The average Bonchev–Trinajstić information content (AvgIpc) is 3.33. The van der Waals surface area contributed by atoms with Crippen LogP contribution >= 0.6 is 0 Å². The number of carbonyl (C=O) groups excluding carboxylic acids is 2. The Morgan fingerprint density at radius 1 is 0.778 bits per heavy atom. The normalized spacial score (nSPS) is 31.6. The molecule has 2 aromatic carbocycles. The van der Waals surface area contributed by atoms with Gasteiger partial charge in [0.1, 0.15) is 0 Å². The minimum Gasteiger partial charge on any atom is -0.309 e. The summed E-state index contributed by atoms with van der Waals surface area (Å²) in [6.45, 7) is 1.21. The lowest BCUT2D eigenvalue weighted by Gasteiger charge is -2.23. The predicted molar refractivity (Wildman–Crippen MR) is 102 cm³/mol. The molecule has 1 heterocycles. The van der Waals surface area contributed by atoms with Crippen molar-refractivity contribution in [3.05, 3.63) is 71.8 Å². The van der Waals surface area contributed by atoms with Crippen LogP contribution in [0.4, 0.5) is 0 Å². The smallest absolute Gasteiger partial charge is 0.233 e. The zero-order chi connectivity index (χ0) is 18.4. The molecule has 0 aromatic heterocycles. The molecule has 0 unspecified atom stereocenters. The van der Waals surface area contributed by atoms with Gasteiger partial charge in [-0.2, -0.15) is 0 Å². The zero-order valence-corrected chi connectivity index (χ0v) is 15.3. The molecule has 2 amide bonds. The van der Waals surface area contributed by atoms with Gasteiger partial charge in [0.2, 0.25) is 11.8 Å². The van der Waals surface area contributed by atoms with E-state index in [1.54, 1.807) is 0 Å². The number of nitrogens with one attached hydrogen (secondary N) is 1. The zero-order valence-electron chi connectivity index (χ0n) is 15.3. The molecule has 0 radical (unpaired) electrons. The lowest BCUT2D eigenvalue weighted by Crippen LogP contribution is -2.39. The Hall–Kier alpha value is -2.46. The first-order valence-electron chi connectivity index (χ1n) is 9.90. The molecule has 5 rings (SSSR count). The van der Waals surface area contributed by atoms with Gasteiger partial charge in [0, 0.05) is 12.6 Å². The molecule has 2 saturated carbocycles. The van der Waals surface area contributed by atoms with Crippen molar-refractivity contribution in [2.24, 2.45) is 23.7 Å². The summed E-state index contributed by atoms with van der Waals surface area (Å²) in [4.78, 5) is 27.7. The van der Waals surface area contributed by atoms with Crippen molar-refractivity contribution in [3.8, 4) is 0 Å². The molecular weight excluding hydrogens is 336 g/mol. The lowest BCUT2D eigenvalue weighted by molar-refractivity contribution is -0.141. The van der Waals surface area contributed by atoms with E-state index in [-0.39, 0.29) is 29.7 Å². The number of rotatable bonds is 5. The maximum Gasteiger partial charge on any atom is 0.233 e. The molecule has 0 spiro atoms. The van der Waals surface area contributed by atoms with E-state index < -0.39 is 0 Å². The molecule has 1 N–H and O–H groups in total. The molecule has 3 aliphatic rings. The number of carbonyl (C=O) groups is 2. The number of imide groups is 1. The molecule has 1 saturated heterocycles. The first-order valence-corrected chi connectivity index (χ1v) is 9.90. The van der Waals surface area contributed by atoms with Gasteiger partial charge in [0.15, 0.2) is 0 Å². The minimum atomic E-state index is -0.117. The first-order chi connectivity index (χ1) is 13.2. The van der Waals surface area contributed by atoms with Crippen LogP contribution in [-0.4, -0.2) is 22.8 Å². The summed E-state index contributed by atoms with van der Waals surface area (Å²) in [5, 5.41) is 3.67. The van der Waals surface area contributed by atoms with Crippen molar-refractivity contribution < 1.29 is 9.59 Å². The lowest BCUT2D eigenvalue weighted by atomic mass is 9.81. The number of benzene rings is 2. The molecule has 4 heteroatoms. The summed E-state index contributed by atoms with van der Waals surface area (Å²) >= 11 is 0. The number of fused-ring (bicyclic) bond motifs is 5. The van der Waals surface area contributed by atoms with E-state index in [1.165, 1.54) is 10.5 Å². The fraction of sp³-hybridized carbons (Fsp3) is 0.391. The number of likely N-dealkylation sites (tertiary alicyclic amines) is 1. The van der Waals surface area contributed by atoms with Crippen LogP contribution in [0.1, 0.15) is 24.0 Å². The van der Waals surface area contributed by atoms with E-state index in [1.807, 2.05) is 48.5 Å². The van der Waals surface area contributed by atoms with Crippen molar-refractivity contribution >= 4 is 11.8 Å². The topological polar surface area (TPSA) is 49.4 Å². The Morgan fingerprint density at radius 3 is 1.85 bits per heavy atom. The monoisotopic (exact) mass is 360 g/mol. The largest absolute Gasteiger partial charge is 0.309 e. The molecule has 4 nitrogen and oxygen atoms in total. The number of nitrogens with zero attached hydrogens (tertiary/aromatic N) is 1. The average molecular weight is 360 g/mol. The Labute approximate surface area is 159 Å². The summed E-state index contributed by atoms with van der Waals surface area (Å²) < 4.78 is 0. The Morgan fingerprint density at radius 2 is 1.30 bits per heavy atom. The summed E-state index contributed by atoms with van der Waals surface area (Å²) in [5.74, 6) is 0.448. The Balaban J connectivity index is 1.32. The van der Waals surface area contributed by atoms with Gasteiger partial charge in [0.05, 0.1) is 18.4 Å². The van der Waals surface area contributed by atoms with Gasteiger partial charge in [0.25, 0.3) is 0 Å². The van der Waals surface area contributed by atoms with Crippen molar-refractivity contribution in [2.75, 3.05) is 0 Å². The summed E-state index contributed by atoms with van der Waals surface area (Å²) in [6, 6.07) is 20.4. The van der Waals surface area contributed by atoms with E-state index in [0.29, 0.717) is 18.4 Å². The molecule has 2 aromatic rings. The molecule has 27 heavy (non-hydrogen) atoms. The maximum atomic E-state index is 13.1. The van der Waals surface area contributed by atoms with Gasteiger partial charge < -0.3 is 5.32 Å². The Kier molecular flexibility index (Phi) is 4.09. The number of hydrogen-bond acceptors (Lipinski definition) is 3. The van der Waals surface area contributed by atoms with Crippen molar-refractivity contribution in [1.82, 2.24) is 10.2 Å². The third kappa shape index (κ3) is 2.71. The summed E-state index contributed by atoms with van der Waals surface area (Å²) in [5.41, 5.74) is 2.27. The van der Waals surface area contributed by atoms with E-state index in [0.717, 1.165) is 24.9 Å². The number of hydrogen-bond donors (Lipinski definition) is 1. The van der Waals surface area contributed by atoms with Gasteiger partial charge in [-0.15, -0.1) is 0 Å². The van der Waals surface area contributed by atoms with Gasteiger partial charge in [-0.3, -0.25) is 14.5 Å². The molecule has 2 aliphatic carbocycles. The highest BCUT2D eigenvalue weighted by molar-refractivity contribution is 6.06. The molecule has 2 bridgehead atoms. The Bertz CT molecular complexity index is 821. The highest BCUT2D eigenvalue weighted by atomic mass is 16.2. The van der Waals surface area contributed by atoms with Crippen LogP contribution in [0.2, 0.25) is 0 Å².